The minimum absolute atomic E-state index is 0.283. The fraction of sp³-hybridized carbons (Fsp3) is 0.375. The van der Waals surface area contributed by atoms with Crippen LogP contribution in [0.25, 0.3) is 10.9 Å². The van der Waals surface area contributed by atoms with Crippen LogP contribution in [0.4, 0.5) is 5.69 Å². The third-order valence-corrected chi connectivity index (χ3v) is 5.74. The number of carbonyl (C=O) groups excluding carboxylic acids is 1. The summed E-state index contributed by atoms with van der Waals surface area (Å²) >= 11 is 0. The minimum atomic E-state index is -0.283. The van der Waals surface area contributed by atoms with Gasteiger partial charge in [-0.15, -0.1) is 0 Å². The van der Waals surface area contributed by atoms with Crippen molar-refractivity contribution in [3.8, 4) is 17.2 Å². The molecule has 3 aromatic rings. The molecule has 0 aliphatic carbocycles. The van der Waals surface area contributed by atoms with E-state index >= 15 is 0 Å². The summed E-state index contributed by atoms with van der Waals surface area (Å²) in [5.74, 6) is 1.09. The molecule has 0 saturated carbocycles. The molecule has 2 heterocycles. The van der Waals surface area contributed by atoms with E-state index in [-0.39, 0.29) is 5.91 Å². The average molecular weight is 440 g/mol. The lowest BCUT2D eigenvalue weighted by Gasteiger charge is -2.26. The molecule has 1 aromatic heterocycles. The molecule has 0 unspecified atom stereocenters. The molecule has 0 atom stereocenters. The predicted octanol–water partition coefficient (Wildman–Crippen LogP) is 3.25. The largest absolute Gasteiger partial charge is 0.496 e. The summed E-state index contributed by atoms with van der Waals surface area (Å²) in [6, 6.07) is 11.3. The first-order valence-corrected chi connectivity index (χ1v) is 10.6. The highest BCUT2D eigenvalue weighted by Crippen LogP contribution is 2.35. The molecule has 8 nitrogen and oxygen atoms in total. The molecular formula is C24H29N3O5. The smallest absolute Gasteiger partial charge is 0.259 e. The Morgan fingerprint density at radius 3 is 2.38 bits per heavy atom. The van der Waals surface area contributed by atoms with Gasteiger partial charge in [0.15, 0.2) is 11.5 Å². The SMILES string of the molecule is COc1cc(OC)c(C(=O)Nc2ccc3c(ccn3CCN3CCOCC3)c2)cc1OC. The molecule has 8 heteroatoms. The van der Waals surface area contributed by atoms with E-state index in [0.717, 1.165) is 50.3 Å². The van der Waals surface area contributed by atoms with Crippen LogP contribution in [0, 0.1) is 0 Å². The van der Waals surface area contributed by atoms with Crippen LogP contribution in [-0.4, -0.2) is 69.6 Å². The van der Waals surface area contributed by atoms with Crippen molar-refractivity contribution in [2.75, 3.05) is 59.5 Å². The molecule has 1 fully saturated rings. The van der Waals surface area contributed by atoms with E-state index < -0.39 is 0 Å². The van der Waals surface area contributed by atoms with Gasteiger partial charge in [0.25, 0.3) is 5.91 Å². The van der Waals surface area contributed by atoms with Crippen molar-refractivity contribution in [2.45, 2.75) is 6.54 Å². The number of rotatable bonds is 8. The van der Waals surface area contributed by atoms with Gasteiger partial charge in [0, 0.05) is 61.1 Å². The molecule has 1 saturated heterocycles. The molecule has 32 heavy (non-hydrogen) atoms. The van der Waals surface area contributed by atoms with Gasteiger partial charge in [-0.3, -0.25) is 9.69 Å². The molecule has 1 amide bonds. The van der Waals surface area contributed by atoms with E-state index in [2.05, 4.69) is 27.0 Å². The van der Waals surface area contributed by atoms with E-state index in [1.54, 1.807) is 19.2 Å². The molecule has 0 radical (unpaired) electrons. The van der Waals surface area contributed by atoms with Crippen molar-refractivity contribution in [1.29, 1.82) is 0 Å². The van der Waals surface area contributed by atoms with E-state index in [9.17, 15) is 4.79 Å². The van der Waals surface area contributed by atoms with Crippen molar-refractivity contribution in [3.63, 3.8) is 0 Å². The number of nitrogens with zero attached hydrogens (tertiary/aromatic N) is 2. The maximum absolute atomic E-state index is 13.0. The van der Waals surface area contributed by atoms with E-state index in [4.69, 9.17) is 18.9 Å². The number of fused-ring (bicyclic) bond motifs is 1. The number of carbonyl (C=O) groups is 1. The van der Waals surface area contributed by atoms with Crippen LogP contribution in [0.1, 0.15) is 10.4 Å². The molecule has 2 aromatic carbocycles. The van der Waals surface area contributed by atoms with Crippen LogP contribution in [0.5, 0.6) is 17.2 Å². The zero-order chi connectivity index (χ0) is 22.5. The van der Waals surface area contributed by atoms with Crippen molar-refractivity contribution >= 4 is 22.5 Å². The second kappa shape index (κ2) is 9.93. The number of methoxy groups -OCH3 is 3. The third-order valence-electron chi connectivity index (χ3n) is 5.74. The Bertz CT molecular complexity index is 1090. The maximum atomic E-state index is 13.0. The fourth-order valence-corrected chi connectivity index (χ4v) is 3.95. The van der Waals surface area contributed by atoms with Gasteiger partial charge in [0.05, 0.1) is 40.1 Å². The summed E-state index contributed by atoms with van der Waals surface area (Å²) in [7, 11) is 4.59. The third kappa shape index (κ3) is 4.66. The second-order valence-corrected chi connectivity index (χ2v) is 7.60. The summed E-state index contributed by atoms with van der Waals surface area (Å²) in [5.41, 5.74) is 2.22. The summed E-state index contributed by atoms with van der Waals surface area (Å²) in [6.45, 7) is 5.48. The van der Waals surface area contributed by atoms with Gasteiger partial charge in [-0.25, -0.2) is 0 Å². The Balaban J connectivity index is 1.49. The van der Waals surface area contributed by atoms with Crippen molar-refractivity contribution in [2.24, 2.45) is 0 Å². The molecule has 1 N–H and O–H groups in total. The first kappa shape index (κ1) is 22.0. The van der Waals surface area contributed by atoms with Crippen LogP contribution < -0.4 is 19.5 Å². The van der Waals surface area contributed by atoms with E-state index in [1.807, 2.05) is 18.2 Å². The van der Waals surface area contributed by atoms with Crippen molar-refractivity contribution in [3.05, 3.63) is 48.2 Å². The highest BCUT2D eigenvalue weighted by Gasteiger charge is 2.18. The van der Waals surface area contributed by atoms with Gasteiger partial charge >= 0.3 is 0 Å². The first-order valence-electron chi connectivity index (χ1n) is 10.6. The van der Waals surface area contributed by atoms with Crippen LogP contribution in [-0.2, 0) is 11.3 Å². The van der Waals surface area contributed by atoms with Crippen LogP contribution in [0.2, 0.25) is 0 Å². The second-order valence-electron chi connectivity index (χ2n) is 7.60. The lowest BCUT2D eigenvalue weighted by Crippen LogP contribution is -2.38. The van der Waals surface area contributed by atoms with Gasteiger partial charge in [-0.05, 0) is 24.3 Å². The number of amides is 1. The molecule has 0 bridgehead atoms. The zero-order valence-corrected chi connectivity index (χ0v) is 18.7. The standard InChI is InChI=1S/C24H29N3O5/c1-29-21-16-23(31-3)22(30-2)15-19(21)24(28)25-18-4-5-20-17(14-18)6-7-27(20)9-8-26-10-12-32-13-11-26/h4-7,14-16H,8-13H2,1-3H3,(H,25,28). The summed E-state index contributed by atoms with van der Waals surface area (Å²) < 4.78 is 23.7. The van der Waals surface area contributed by atoms with Crippen LogP contribution >= 0.6 is 0 Å². The predicted molar refractivity (Wildman–Crippen MR) is 123 cm³/mol. The van der Waals surface area contributed by atoms with Crippen LogP contribution in [0.15, 0.2) is 42.6 Å². The van der Waals surface area contributed by atoms with Gasteiger partial charge in [0.2, 0.25) is 0 Å². The molecule has 1 aliphatic rings. The number of morpholine rings is 1. The highest BCUT2D eigenvalue weighted by atomic mass is 16.5. The molecule has 1 aliphatic heterocycles. The number of nitrogens with one attached hydrogen (secondary N) is 1. The number of hydrogen-bond acceptors (Lipinski definition) is 6. The monoisotopic (exact) mass is 439 g/mol. The Morgan fingerprint density at radius 2 is 1.66 bits per heavy atom. The van der Waals surface area contributed by atoms with Crippen molar-refractivity contribution < 1.29 is 23.7 Å². The molecule has 170 valence electrons. The number of benzene rings is 2. The minimum Gasteiger partial charge on any atom is -0.496 e. The summed E-state index contributed by atoms with van der Waals surface area (Å²) in [6.07, 6.45) is 2.09. The highest BCUT2D eigenvalue weighted by molar-refractivity contribution is 6.07. The average Bonchev–Trinajstić information content (AvgIpc) is 3.24. The Morgan fingerprint density at radius 1 is 0.938 bits per heavy atom. The normalized spacial score (nSPS) is 14.3. The lowest BCUT2D eigenvalue weighted by atomic mass is 10.1. The van der Waals surface area contributed by atoms with Gasteiger partial charge < -0.3 is 28.8 Å². The van der Waals surface area contributed by atoms with Gasteiger partial charge in [0.1, 0.15) is 5.75 Å². The van der Waals surface area contributed by atoms with E-state index in [0.29, 0.717) is 28.5 Å². The number of ether oxygens (including phenoxy) is 4. The molecule has 4 rings (SSSR count). The first-order chi connectivity index (χ1) is 15.6. The summed E-state index contributed by atoms with van der Waals surface area (Å²) in [5, 5.41) is 4.03. The number of hydrogen-bond donors (Lipinski definition) is 1. The summed E-state index contributed by atoms with van der Waals surface area (Å²) in [4.78, 5) is 15.4. The Labute approximate surface area is 187 Å². The van der Waals surface area contributed by atoms with Crippen molar-refractivity contribution in [1.82, 2.24) is 9.47 Å². The maximum Gasteiger partial charge on any atom is 0.259 e. The van der Waals surface area contributed by atoms with Gasteiger partial charge in [-0.2, -0.15) is 0 Å². The Hall–Kier alpha value is -3.23. The Kier molecular flexibility index (Phi) is 6.82. The lowest BCUT2D eigenvalue weighted by molar-refractivity contribution is 0.0365. The zero-order valence-electron chi connectivity index (χ0n) is 18.7. The fourth-order valence-electron chi connectivity index (χ4n) is 3.95. The molecule has 0 spiro atoms. The van der Waals surface area contributed by atoms with E-state index in [1.165, 1.54) is 14.2 Å². The van der Waals surface area contributed by atoms with Gasteiger partial charge in [-0.1, -0.05) is 0 Å². The topological polar surface area (TPSA) is 74.2 Å². The molecular weight excluding hydrogens is 410 g/mol. The number of aromatic nitrogens is 1. The number of anilines is 1. The quantitative estimate of drug-likeness (QED) is 0.581. The van der Waals surface area contributed by atoms with Crippen LogP contribution in [0.3, 0.4) is 0 Å².